The van der Waals surface area contributed by atoms with Gasteiger partial charge in [0.1, 0.15) is 0 Å². The molecule has 0 fully saturated rings. The molecule has 7 heteroatoms. The van der Waals surface area contributed by atoms with Gasteiger partial charge in [-0.05, 0) is 30.0 Å². The number of methoxy groups -OCH3 is 1. The standard InChI is InChI=1S/C17H20N2O4S/c1-22-13-6-2-3-7-14(13)23-12-16(20)18-9-5-10-19-17(21)15-8-4-11-24-15/h2-4,6-8,11H,5,9-10,12H2,1H3,(H,18,20)(H,19,21). The first-order valence-corrected chi connectivity index (χ1v) is 8.43. The largest absolute Gasteiger partial charge is 0.493 e. The van der Waals surface area contributed by atoms with Gasteiger partial charge < -0.3 is 20.1 Å². The van der Waals surface area contributed by atoms with Crippen molar-refractivity contribution in [1.29, 1.82) is 0 Å². The minimum atomic E-state index is -0.217. The van der Waals surface area contributed by atoms with Gasteiger partial charge in [-0.1, -0.05) is 18.2 Å². The van der Waals surface area contributed by atoms with Crippen LogP contribution in [0.25, 0.3) is 0 Å². The quantitative estimate of drug-likeness (QED) is 0.680. The second kappa shape index (κ2) is 9.57. The molecule has 2 rings (SSSR count). The molecular formula is C17H20N2O4S. The number of hydrogen-bond acceptors (Lipinski definition) is 5. The molecule has 128 valence electrons. The first-order chi connectivity index (χ1) is 11.7. The van der Waals surface area contributed by atoms with Crippen molar-refractivity contribution in [2.75, 3.05) is 26.8 Å². The maximum Gasteiger partial charge on any atom is 0.261 e. The predicted molar refractivity (Wildman–Crippen MR) is 92.8 cm³/mol. The Hall–Kier alpha value is -2.54. The fourth-order valence-corrected chi connectivity index (χ4v) is 2.59. The van der Waals surface area contributed by atoms with Crippen molar-refractivity contribution < 1.29 is 19.1 Å². The number of hydrogen-bond donors (Lipinski definition) is 2. The zero-order valence-electron chi connectivity index (χ0n) is 13.4. The van der Waals surface area contributed by atoms with Crippen LogP contribution in [0.4, 0.5) is 0 Å². The van der Waals surface area contributed by atoms with E-state index in [1.54, 1.807) is 25.3 Å². The van der Waals surface area contributed by atoms with Crippen LogP contribution in [0, 0.1) is 0 Å². The van der Waals surface area contributed by atoms with E-state index in [-0.39, 0.29) is 18.4 Å². The molecule has 0 aliphatic carbocycles. The Labute approximate surface area is 144 Å². The summed E-state index contributed by atoms with van der Waals surface area (Å²) in [5.74, 6) is 0.807. The highest BCUT2D eigenvalue weighted by molar-refractivity contribution is 7.12. The van der Waals surface area contributed by atoms with Crippen LogP contribution in [-0.2, 0) is 4.79 Å². The Balaban J connectivity index is 1.59. The van der Waals surface area contributed by atoms with Gasteiger partial charge in [-0.2, -0.15) is 0 Å². The van der Waals surface area contributed by atoms with Gasteiger partial charge in [-0.15, -0.1) is 11.3 Å². The van der Waals surface area contributed by atoms with E-state index in [2.05, 4.69) is 10.6 Å². The maximum atomic E-state index is 11.7. The third-order valence-electron chi connectivity index (χ3n) is 3.13. The minimum absolute atomic E-state index is 0.0814. The Kier molecular flexibility index (Phi) is 7.10. The molecule has 1 aromatic carbocycles. The van der Waals surface area contributed by atoms with Crippen molar-refractivity contribution in [2.24, 2.45) is 0 Å². The molecule has 0 saturated carbocycles. The summed E-state index contributed by atoms with van der Waals surface area (Å²) in [6.45, 7) is 0.894. The van der Waals surface area contributed by atoms with Gasteiger partial charge in [0.15, 0.2) is 18.1 Å². The van der Waals surface area contributed by atoms with Crippen molar-refractivity contribution in [3.05, 3.63) is 46.7 Å². The van der Waals surface area contributed by atoms with E-state index in [9.17, 15) is 9.59 Å². The summed E-state index contributed by atoms with van der Waals surface area (Å²) in [5, 5.41) is 7.41. The highest BCUT2D eigenvalue weighted by Gasteiger charge is 2.07. The van der Waals surface area contributed by atoms with Crippen LogP contribution in [0.5, 0.6) is 11.5 Å². The Morgan fingerprint density at radius 3 is 2.50 bits per heavy atom. The average Bonchev–Trinajstić information content (AvgIpc) is 3.14. The van der Waals surface area contributed by atoms with E-state index >= 15 is 0 Å². The first-order valence-electron chi connectivity index (χ1n) is 7.55. The highest BCUT2D eigenvalue weighted by atomic mass is 32.1. The van der Waals surface area contributed by atoms with Crippen LogP contribution < -0.4 is 20.1 Å². The lowest BCUT2D eigenvalue weighted by Gasteiger charge is -2.10. The second-order valence-electron chi connectivity index (χ2n) is 4.88. The number of carbonyl (C=O) groups excluding carboxylic acids is 2. The molecule has 2 aromatic rings. The smallest absolute Gasteiger partial charge is 0.261 e. The average molecular weight is 348 g/mol. The van der Waals surface area contributed by atoms with Crippen LogP contribution in [0.15, 0.2) is 41.8 Å². The van der Waals surface area contributed by atoms with Crippen molar-refractivity contribution in [1.82, 2.24) is 10.6 Å². The SMILES string of the molecule is COc1ccccc1OCC(=O)NCCCNC(=O)c1cccs1. The molecule has 2 N–H and O–H groups in total. The zero-order chi connectivity index (χ0) is 17.2. The molecule has 0 atom stereocenters. The lowest BCUT2D eigenvalue weighted by molar-refractivity contribution is -0.123. The van der Waals surface area contributed by atoms with Gasteiger partial charge in [0.2, 0.25) is 0 Å². The number of rotatable bonds is 9. The molecule has 1 heterocycles. The van der Waals surface area contributed by atoms with E-state index < -0.39 is 0 Å². The van der Waals surface area contributed by atoms with Gasteiger partial charge >= 0.3 is 0 Å². The molecule has 2 amide bonds. The lowest BCUT2D eigenvalue weighted by Crippen LogP contribution is -2.32. The topological polar surface area (TPSA) is 76.7 Å². The molecule has 0 aliphatic heterocycles. The number of benzene rings is 1. The molecule has 6 nitrogen and oxygen atoms in total. The van der Waals surface area contributed by atoms with E-state index in [0.717, 1.165) is 0 Å². The third kappa shape index (κ3) is 5.58. The molecule has 0 saturated heterocycles. The van der Waals surface area contributed by atoms with Gasteiger partial charge in [-0.25, -0.2) is 0 Å². The fourth-order valence-electron chi connectivity index (χ4n) is 1.95. The lowest BCUT2D eigenvalue weighted by atomic mass is 10.3. The zero-order valence-corrected chi connectivity index (χ0v) is 14.2. The van der Waals surface area contributed by atoms with E-state index in [4.69, 9.17) is 9.47 Å². The van der Waals surface area contributed by atoms with Crippen LogP contribution in [0.1, 0.15) is 16.1 Å². The maximum absolute atomic E-state index is 11.7. The van der Waals surface area contributed by atoms with Gasteiger partial charge in [0.05, 0.1) is 12.0 Å². The summed E-state index contributed by atoms with van der Waals surface area (Å²) < 4.78 is 10.6. The van der Waals surface area contributed by atoms with Gasteiger partial charge in [-0.3, -0.25) is 9.59 Å². The minimum Gasteiger partial charge on any atom is -0.493 e. The van der Waals surface area contributed by atoms with Crippen molar-refractivity contribution in [3.8, 4) is 11.5 Å². The predicted octanol–water partition coefficient (Wildman–Crippen LogP) is 2.07. The van der Waals surface area contributed by atoms with E-state index in [1.807, 2.05) is 23.6 Å². The number of ether oxygens (including phenoxy) is 2. The first kappa shape index (κ1) is 17.8. The summed E-state index contributed by atoms with van der Waals surface area (Å²) in [4.78, 5) is 24.1. The third-order valence-corrected chi connectivity index (χ3v) is 4.00. The van der Waals surface area contributed by atoms with Crippen LogP contribution in [0.2, 0.25) is 0 Å². The van der Waals surface area contributed by atoms with Crippen LogP contribution >= 0.6 is 11.3 Å². The fraction of sp³-hybridized carbons (Fsp3) is 0.294. The molecule has 0 spiro atoms. The number of amides is 2. The summed E-state index contributed by atoms with van der Waals surface area (Å²) in [7, 11) is 1.55. The molecule has 0 aliphatic rings. The van der Waals surface area contributed by atoms with Gasteiger partial charge in [0, 0.05) is 13.1 Å². The Bertz CT molecular complexity index is 658. The van der Waals surface area contributed by atoms with Crippen molar-refractivity contribution >= 4 is 23.2 Å². The summed E-state index contributed by atoms with van der Waals surface area (Å²) in [5.41, 5.74) is 0. The van der Waals surface area contributed by atoms with E-state index in [0.29, 0.717) is 35.9 Å². The van der Waals surface area contributed by atoms with Crippen molar-refractivity contribution in [3.63, 3.8) is 0 Å². The summed E-state index contributed by atoms with van der Waals surface area (Å²) in [6.07, 6.45) is 0.650. The van der Waals surface area contributed by atoms with Crippen LogP contribution in [0.3, 0.4) is 0 Å². The molecule has 1 aromatic heterocycles. The number of para-hydroxylation sites is 2. The molecular weight excluding hydrogens is 328 g/mol. The van der Waals surface area contributed by atoms with Gasteiger partial charge in [0.25, 0.3) is 11.8 Å². The number of carbonyl (C=O) groups is 2. The molecule has 0 unspecified atom stereocenters. The normalized spacial score (nSPS) is 10.0. The second-order valence-corrected chi connectivity index (χ2v) is 5.82. The molecule has 0 bridgehead atoms. The monoisotopic (exact) mass is 348 g/mol. The van der Waals surface area contributed by atoms with E-state index in [1.165, 1.54) is 11.3 Å². The number of nitrogens with one attached hydrogen (secondary N) is 2. The number of thiophene rings is 1. The summed E-state index contributed by atoms with van der Waals surface area (Å²) in [6, 6.07) is 10.8. The van der Waals surface area contributed by atoms with Crippen molar-refractivity contribution in [2.45, 2.75) is 6.42 Å². The molecule has 24 heavy (non-hydrogen) atoms. The van der Waals surface area contributed by atoms with Crippen LogP contribution in [-0.4, -0.2) is 38.6 Å². The summed E-state index contributed by atoms with van der Waals surface area (Å²) >= 11 is 1.40. The molecule has 0 radical (unpaired) electrons. The Morgan fingerprint density at radius 2 is 1.79 bits per heavy atom. The highest BCUT2D eigenvalue weighted by Crippen LogP contribution is 2.25. The Morgan fingerprint density at radius 1 is 1.04 bits per heavy atom.